The Morgan fingerprint density at radius 1 is 1.09 bits per heavy atom. The highest BCUT2D eigenvalue weighted by molar-refractivity contribution is 5.94. The molecule has 0 aliphatic rings. The molecule has 0 heterocycles. The van der Waals surface area contributed by atoms with Crippen molar-refractivity contribution in [1.82, 2.24) is 5.32 Å². The molecule has 7 heteroatoms. The Kier molecular flexibility index (Phi) is 4.47. The lowest BCUT2D eigenvalue weighted by Gasteiger charge is -2.06. The predicted molar refractivity (Wildman–Crippen MR) is 77.7 cm³/mol. The Bertz CT molecular complexity index is 725. The summed E-state index contributed by atoms with van der Waals surface area (Å²) in [5, 5.41) is 22.1. The minimum absolute atomic E-state index is 0.154. The lowest BCUT2D eigenvalue weighted by molar-refractivity contribution is -0.384. The number of rotatable bonds is 5. The Morgan fingerprint density at radius 3 is 2.36 bits per heavy atom. The number of nitrogens with one attached hydrogen (secondary N) is 1. The molecule has 0 saturated heterocycles. The summed E-state index contributed by atoms with van der Waals surface area (Å²) < 4.78 is 0. The van der Waals surface area contributed by atoms with Gasteiger partial charge in [0.05, 0.1) is 10.5 Å². The van der Waals surface area contributed by atoms with Gasteiger partial charge in [0.2, 0.25) is 0 Å². The molecule has 2 aromatic carbocycles. The summed E-state index contributed by atoms with van der Waals surface area (Å²) in [6.45, 7) is 0.196. The molecule has 0 bridgehead atoms. The first-order chi connectivity index (χ1) is 10.5. The van der Waals surface area contributed by atoms with Gasteiger partial charge in [-0.15, -0.1) is 0 Å². The molecule has 0 unspecified atom stereocenters. The van der Waals surface area contributed by atoms with Crippen LogP contribution < -0.4 is 5.32 Å². The van der Waals surface area contributed by atoms with Crippen molar-refractivity contribution in [3.63, 3.8) is 0 Å². The molecule has 0 aromatic heterocycles. The van der Waals surface area contributed by atoms with Gasteiger partial charge in [-0.1, -0.05) is 18.2 Å². The maximum atomic E-state index is 11.9. The quantitative estimate of drug-likeness (QED) is 0.650. The molecular weight excluding hydrogens is 288 g/mol. The fourth-order valence-electron chi connectivity index (χ4n) is 1.81. The molecule has 22 heavy (non-hydrogen) atoms. The van der Waals surface area contributed by atoms with Crippen molar-refractivity contribution in [2.45, 2.75) is 6.54 Å². The maximum absolute atomic E-state index is 11.9. The number of nitro groups is 1. The van der Waals surface area contributed by atoms with Gasteiger partial charge >= 0.3 is 5.97 Å². The molecule has 112 valence electrons. The van der Waals surface area contributed by atoms with Crippen LogP contribution in [0.2, 0.25) is 0 Å². The first kappa shape index (κ1) is 15.2. The van der Waals surface area contributed by atoms with Crippen molar-refractivity contribution in [3.05, 3.63) is 75.3 Å². The van der Waals surface area contributed by atoms with E-state index >= 15 is 0 Å². The number of benzene rings is 2. The zero-order valence-electron chi connectivity index (χ0n) is 11.4. The molecule has 0 aliphatic heterocycles. The average Bonchev–Trinajstić information content (AvgIpc) is 2.53. The second-order valence-electron chi connectivity index (χ2n) is 4.49. The van der Waals surface area contributed by atoms with Crippen molar-refractivity contribution in [2.75, 3.05) is 0 Å². The molecule has 2 aromatic rings. The van der Waals surface area contributed by atoms with Crippen LogP contribution in [-0.2, 0) is 6.54 Å². The van der Waals surface area contributed by atoms with E-state index in [9.17, 15) is 19.7 Å². The zero-order valence-corrected chi connectivity index (χ0v) is 11.4. The van der Waals surface area contributed by atoms with Crippen molar-refractivity contribution in [2.24, 2.45) is 0 Å². The van der Waals surface area contributed by atoms with Gasteiger partial charge in [-0.05, 0) is 23.8 Å². The summed E-state index contributed by atoms with van der Waals surface area (Å²) in [5.41, 5.74) is 0.923. The Labute approximate surface area is 125 Å². The van der Waals surface area contributed by atoms with Crippen molar-refractivity contribution >= 4 is 17.6 Å². The van der Waals surface area contributed by atoms with Crippen LogP contribution in [0.3, 0.4) is 0 Å². The molecule has 2 N–H and O–H groups in total. The standard InChI is InChI=1S/C15H12N2O5/c18-14(12-2-1-3-13(8-12)17(21)22)16-9-10-4-6-11(7-5-10)15(19)20/h1-8H,9H2,(H,16,18)(H,19,20). The molecule has 0 atom stereocenters. The van der Waals surface area contributed by atoms with Gasteiger partial charge in [-0.3, -0.25) is 14.9 Å². The van der Waals surface area contributed by atoms with Crippen LogP contribution in [0.1, 0.15) is 26.3 Å². The second-order valence-corrected chi connectivity index (χ2v) is 4.49. The fraction of sp³-hybridized carbons (Fsp3) is 0.0667. The summed E-state index contributed by atoms with van der Waals surface area (Å²) >= 11 is 0. The molecule has 0 saturated carbocycles. The molecule has 0 spiro atoms. The van der Waals surface area contributed by atoms with E-state index in [0.717, 1.165) is 5.56 Å². The van der Waals surface area contributed by atoms with E-state index in [1.807, 2.05) is 0 Å². The summed E-state index contributed by atoms with van der Waals surface area (Å²) in [5.74, 6) is -1.46. The highest BCUT2D eigenvalue weighted by atomic mass is 16.6. The normalized spacial score (nSPS) is 10.0. The molecule has 7 nitrogen and oxygen atoms in total. The maximum Gasteiger partial charge on any atom is 0.335 e. The van der Waals surface area contributed by atoms with E-state index in [1.54, 1.807) is 12.1 Å². The van der Waals surface area contributed by atoms with Gasteiger partial charge < -0.3 is 10.4 Å². The lowest BCUT2D eigenvalue weighted by Crippen LogP contribution is -2.22. The number of carboxylic acid groups (broad SMARTS) is 1. The van der Waals surface area contributed by atoms with Gasteiger partial charge in [0.1, 0.15) is 0 Å². The average molecular weight is 300 g/mol. The number of carbonyl (C=O) groups excluding carboxylic acids is 1. The van der Waals surface area contributed by atoms with Gasteiger partial charge in [-0.25, -0.2) is 4.79 Å². The van der Waals surface area contributed by atoms with E-state index in [2.05, 4.69) is 5.32 Å². The molecule has 0 aliphatic carbocycles. The van der Waals surface area contributed by atoms with E-state index in [1.165, 1.54) is 36.4 Å². The number of aromatic carboxylic acids is 1. The highest BCUT2D eigenvalue weighted by Crippen LogP contribution is 2.13. The largest absolute Gasteiger partial charge is 0.478 e. The molecule has 0 radical (unpaired) electrons. The third-order valence-electron chi connectivity index (χ3n) is 2.97. The fourth-order valence-corrected chi connectivity index (χ4v) is 1.81. The minimum Gasteiger partial charge on any atom is -0.478 e. The minimum atomic E-state index is -1.02. The van der Waals surface area contributed by atoms with Crippen molar-refractivity contribution in [1.29, 1.82) is 0 Å². The number of non-ortho nitro benzene ring substituents is 1. The predicted octanol–water partition coefficient (Wildman–Crippen LogP) is 2.22. The first-order valence-electron chi connectivity index (χ1n) is 6.32. The Balaban J connectivity index is 2.02. The van der Waals surface area contributed by atoms with Gasteiger partial charge in [0.25, 0.3) is 11.6 Å². The van der Waals surface area contributed by atoms with Crippen LogP contribution in [0.4, 0.5) is 5.69 Å². The monoisotopic (exact) mass is 300 g/mol. The third-order valence-corrected chi connectivity index (χ3v) is 2.97. The van der Waals surface area contributed by atoms with E-state index in [4.69, 9.17) is 5.11 Å². The molecule has 0 fully saturated rings. The number of nitro benzene ring substituents is 1. The number of nitrogens with zero attached hydrogens (tertiary/aromatic N) is 1. The lowest BCUT2D eigenvalue weighted by atomic mass is 10.1. The van der Waals surface area contributed by atoms with E-state index < -0.39 is 16.8 Å². The SMILES string of the molecule is O=C(O)c1ccc(CNC(=O)c2cccc([N+](=O)[O-])c2)cc1. The van der Waals surface area contributed by atoms with Crippen LogP contribution >= 0.6 is 0 Å². The van der Waals surface area contributed by atoms with Gasteiger partial charge in [-0.2, -0.15) is 0 Å². The van der Waals surface area contributed by atoms with Crippen molar-refractivity contribution in [3.8, 4) is 0 Å². The summed E-state index contributed by atoms with van der Waals surface area (Å²) in [4.78, 5) is 32.8. The number of hydrogen-bond donors (Lipinski definition) is 2. The Hall–Kier alpha value is -3.22. The van der Waals surface area contributed by atoms with Crippen molar-refractivity contribution < 1.29 is 19.6 Å². The topological polar surface area (TPSA) is 110 Å². The number of carbonyl (C=O) groups is 2. The van der Waals surface area contributed by atoms with Gasteiger partial charge in [0, 0.05) is 24.2 Å². The molecule has 1 amide bonds. The number of amides is 1. The molecular formula is C15H12N2O5. The van der Waals surface area contributed by atoms with E-state index in [0.29, 0.717) is 0 Å². The van der Waals surface area contributed by atoms with Crippen LogP contribution in [0.25, 0.3) is 0 Å². The summed E-state index contributed by atoms with van der Waals surface area (Å²) in [6.07, 6.45) is 0. The van der Waals surface area contributed by atoms with Crippen LogP contribution in [0, 0.1) is 10.1 Å². The number of hydrogen-bond acceptors (Lipinski definition) is 4. The van der Waals surface area contributed by atoms with E-state index in [-0.39, 0.29) is 23.4 Å². The van der Waals surface area contributed by atoms with Crippen LogP contribution in [0.15, 0.2) is 48.5 Å². The first-order valence-corrected chi connectivity index (χ1v) is 6.32. The number of carboxylic acids is 1. The van der Waals surface area contributed by atoms with Crippen LogP contribution in [0.5, 0.6) is 0 Å². The highest BCUT2D eigenvalue weighted by Gasteiger charge is 2.11. The Morgan fingerprint density at radius 2 is 1.77 bits per heavy atom. The summed E-state index contributed by atoms with van der Waals surface area (Å²) in [6, 6.07) is 11.5. The van der Waals surface area contributed by atoms with Gasteiger partial charge in [0.15, 0.2) is 0 Å². The smallest absolute Gasteiger partial charge is 0.335 e. The second kappa shape index (κ2) is 6.49. The summed E-state index contributed by atoms with van der Waals surface area (Å²) in [7, 11) is 0. The molecule has 2 rings (SSSR count). The van der Waals surface area contributed by atoms with Crippen LogP contribution in [-0.4, -0.2) is 21.9 Å². The third kappa shape index (κ3) is 3.66. The zero-order chi connectivity index (χ0) is 16.1.